The van der Waals surface area contributed by atoms with Crippen molar-refractivity contribution in [3.05, 3.63) is 11.9 Å². The number of hydrogen-bond donors (Lipinski definition) is 2. The fraction of sp³-hybridized carbons (Fsp3) is 0.600. The molecule has 18 heavy (non-hydrogen) atoms. The summed E-state index contributed by atoms with van der Waals surface area (Å²) in [5.74, 6) is 6.20. The molecule has 0 spiro atoms. The molecule has 8 heteroatoms. The largest absolute Gasteiger partial charge is 0.405 e. The van der Waals surface area contributed by atoms with Crippen molar-refractivity contribution in [3.63, 3.8) is 0 Å². The van der Waals surface area contributed by atoms with E-state index in [1.165, 1.54) is 13.1 Å². The number of alkyl halides is 3. The van der Waals surface area contributed by atoms with Crippen molar-refractivity contribution >= 4 is 11.6 Å². The number of hydrogen-bond acceptors (Lipinski definition) is 5. The van der Waals surface area contributed by atoms with Crippen LogP contribution in [-0.4, -0.2) is 29.7 Å². The number of nitrogens with zero attached hydrogens (tertiary/aromatic N) is 3. The van der Waals surface area contributed by atoms with E-state index in [0.717, 1.165) is 11.3 Å². The number of nitrogens with two attached hydrogens (primary N) is 1. The van der Waals surface area contributed by atoms with Gasteiger partial charge in [-0.25, -0.2) is 15.8 Å². The van der Waals surface area contributed by atoms with Crippen LogP contribution in [0.1, 0.15) is 19.2 Å². The number of aromatic nitrogens is 2. The third-order valence-electron chi connectivity index (χ3n) is 2.19. The Morgan fingerprint density at radius 3 is 2.56 bits per heavy atom. The van der Waals surface area contributed by atoms with Crippen LogP contribution in [0.15, 0.2) is 6.07 Å². The number of rotatable bonds is 5. The third-order valence-corrected chi connectivity index (χ3v) is 2.19. The van der Waals surface area contributed by atoms with Crippen LogP contribution in [0.5, 0.6) is 0 Å². The second-order valence-electron chi connectivity index (χ2n) is 3.89. The van der Waals surface area contributed by atoms with Crippen LogP contribution < -0.4 is 16.2 Å². The van der Waals surface area contributed by atoms with Crippen LogP contribution in [0, 0.1) is 0 Å². The van der Waals surface area contributed by atoms with Gasteiger partial charge in [0.1, 0.15) is 24.0 Å². The molecule has 5 nitrogen and oxygen atoms in total. The van der Waals surface area contributed by atoms with Crippen LogP contribution in [0.4, 0.5) is 24.8 Å². The highest BCUT2D eigenvalue weighted by atomic mass is 19.4. The number of halogens is 3. The SMILES string of the molecule is CCCc1nc(NN)cc(N(C)CC(F)(F)F)n1. The van der Waals surface area contributed by atoms with E-state index >= 15 is 0 Å². The van der Waals surface area contributed by atoms with Gasteiger partial charge in [-0.3, -0.25) is 0 Å². The highest BCUT2D eigenvalue weighted by Crippen LogP contribution is 2.21. The summed E-state index contributed by atoms with van der Waals surface area (Å²) >= 11 is 0. The Balaban J connectivity index is 2.96. The van der Waals surface area contributed by atoms with E-state index in [-0.39, 0.29) is 5.82 Å². The third kappa shape index (κ3) is 4.36. The van der Waals surface area contributed by atoms with Crippen LogP contribution in [-0.2, 0) is 6.42 Å². The molecule has 0 amide bonds. The molecule has 0 radical (unpaired) electrons. The first-order valence-electron chi connectivity index (χ1n) is 5.48. The van der Waals surface area contributed by atoms with Gasteiger partial charge in [0.25, 0.3) is 0 Å². The minimum Gasteiger partial charge on any atom is -0.350 e. The lowest BCUT2D eigenvalue weighted by Gasteiger charge is -2.20. The molecule has 1 heterocycles. The zero-order valence-corrected chi connectivity index (χ0v) is 10.3. The molecule has 102 valence electrons. The smallest absolute Gasteiger partial charge is 0.350 e. The molecule has 0 aromatic carbocycles. The molecule has 0 aliphatic carbocycles. The Morgan fingerprint density at radius 1 is 1.39 bits per heavy atom. The summed E-state index contributed by atoms with van der Waals surface area (Å²) in [5.41, 5.74) is 2.32. The van der Waals surface area contributed by atoms with Gasteiger partial charge < -0.3 is 10.3 Å². The fourth-order valence-corrected chi connectivity index (χ4v) is 1.44. The maximum absolute atomic E-state index is 12.3. The second-order valence-corrected chi connectivity index (χ2v) is 3.89. The van der Waals surface area contributed by atoms with Crippen molar-refractivity contribution in [3.8, 4) is 0 Å². The number of anilines is 2. The zero-order valence-electron chi connectivity index (χ0n) is 10.3. The van der Waals surface area contributed by atoms with Crippen molar-refractivity contribution in [1.82, 2.24) is 9.97 Å². The Morgan fingerprint density at radius 2 is 2.06 bits per heavy atom. The quantitative estimate of drug-likeness (QED) is 0.625. The summed E-state index contributed by atoms with van der Waals surface area (Å²) in [6.45, 7) is 0.866. The Hall–Kier alpha value is -1.57. The maximum atomic E-state index is 12.3. The average Bonchev–Trinajstić information content (AvgIpc) is 2.26. The minimum absolute atomic E-state index is 0.193. The summed E-state index contributed by atoms with van der Waals surface area (Å²) in [6.07, 6.45) is -2.89. The highest BCUT2D eigenvalue weighted by molar-refractivity contribution is 5.48. The summed E-state index contributed by atoms with van der Waals surface area (Å²) in [5, 5.41) is 0. The summed E-state index contributed by atoms with van der Waals surface area (Å²) < 4.78 is 36.9. The molecular formula is C10H16F3N5. The first-order valence-corrected chi connectivity index (χ1v) is 5.48. The normalized spacial score (nSPS) is 11.4. The predicted molar refractivity (Wildman–Crippen MR) is 63.2 cm³/mol. The number of nitrogens with one attached hydrogen (secondary N) is 1. The molecule has 0 fully saturated rings. The molecular weight excluding hydrogens is 247 g/mol. The standard InChI is InChI=1S/C10H16F3N5/c1-3-4-7-15-8(17-14)5-9(16-7)18(2)6-10(11,12)13/h5H,3-4,6,14H2,1-2H3,(H,15,16,17). The lowest BCUT2D eigenvalue weighted by atomic mass is 10.3. The first-order chi connectivity index (χ1) is 8.35. The van der Waals surface area contributed by atoms with Crippen molar-refractivity contribution in [1.29, 1.82) is 0 Å². The van der Waals surface area contributed by atoms with E-state index in [0.29, 0.717) is 18.1 Å². The van der Waals surface area contributed by atoms with Gasteiger partial charge in [0.15, 0.2) is 0 Å². The molecule has 0 bridgehead atoms. The molecule has 1 aromatic rings. The van der Waals surface area contributed by atoms with E-state index < -0.39 is 12.7 Å². The molecule has 0 unspecified atom stereocenters. The van der Waals surface area contributed by atoms with Gasteiger partial charge in [-0.15, -0.1) is 0 Å². The summed E-state index contributed by atoms with van der Waals surface area (Å²) in [6, 6.07) is 1.38. The topological polar surface area (TPSA) is 67.1 Å². The lowest BCUT2D eigenvalue weighted by molar-refractivity contribution is -0.119. The van der Waals surface area contributed by atoms with E-state index in [1.807, 2.05) is 6.92 Å². The van der Waals surface area contributed by atoms with Crippen LogP contribution in [0.3, 0.4) is 0 Å². The van der Waals surface area contributed by atoms with Gasteiger partial charge in [0, 0.05) is 19.5 Å². The van der Waals surface area contributed by atoms with Crippen molar-refractivity contribution < 1.29 is 13.2 Å². The minimum atomic E-state index is -4.28. The molecule has 1 rings (SSSR count). The Labute approximate surface area is 103 Å². The Kier molecular flexibility index (Phi) is 4.71. The maximum Gasteiger partial charge on any atom is 0.405 e. The lowest BCUT2D eigenvalue weighted by Crippen LogP contribution is -2.31. The second kappa shape index (κ2) is 5.85. The molecule has 1 aromatic heterocycles. The highest BCUT2D eigenvalue weighted by Gasteiger charge is 2.30. The van der Waals surface area contributed by atoms with Gasteiger partial charge >= 0.3 is 6.18 Å². The van der Waals surface area contributed by atoms with Gasteiger partial charge in [-0.2, -0.15) is 13.2 Å². The van der Waals surface area contributed by atoms with Crippen molar-refractivity contribution in [2.75, 3.05) is 23.9 Å². The molecule has 0 aliphatic rings. The first kappa shape index (κ1) is 14.5. The van der Waals surface area contributed by atoms with Gasteiger partial charge in [-0.1, -0.05) is 6.92 Å². The number of aryl methyl sites for hydroxylation is 1. The summed E-state index contributed by atoms with van der Waals surface area (Å²) in [7, 11) is 1.33. The van der Waals surface area contributed by atoms with E-state index in [2.05, 4.69) is 15.4 Å². The number of nitrogen functional groups attached to an aromatic ring is 1. The molecule has 0 saturated carbocycles. The fourth-order valence-electron chi connectivity index (χ4n) is 1.44. The average molecular weight is 263 g/mol. The monoisotopic (exact) mass is 263 g/mol. The van der Waals surface area contributed by atoms with Gasteiger partial charge in [-0.05, 0) is 6.42 Å². The van der Waals surface area contributed by atoms with Crippen molar-refractivity contribution in [2.45, 2.75) is 25.9 Å². The number of hydrazine groups is 1. The van der Waals surface area contributed by atoms with Gasteiger partial charge in [0.2, 0.25) is 0 Å². The van der Waals surface area contributed by atoms with E-state index in [1.54, 1.807) is 0 Å². The molecule has 0 atom stereocenters. The van der Waals surface area contributed by atoms with Gasteiger partial charge in [0.05, 0.1) is 0 Å². The zero-order chi connectivity index (χ0) is 13.8. The molecule has 0 aliphatic heterocycles. The molecule has 3 N–H and O–H groups in total. The van der Waals surface area contributed by atoms with Crippen LogP contribution in [0.2, 0.25) is 0 Å². The molecule has 0 saturated heterocycles. The summed E-state index contributed by atoms with van der Waals surface area (Å²) in [4.78, 5) is 9.16. The van der Waals surface area contributed by atoms with E-state index in [4.69, 9.17) is 5.84 Å². The van der Waals surface area contributed by atoms with Crippen molar-refractivity contribution in [2.24, 2.45) is 5.84 Å². The van der Waals surface area contributed by atoms with E-state index in [9.17, 15) is 13.2 Å². The van der Waals surface area contributed by atoms with Crippen LogP contribution in [0.25, 0.3) is 0 Å². The predicted octanol–water partition coefficient (Wildman–Crippen LogP) is 1.71. The van der Waals surface area contributed by atoms with Crippen LogP contribution >= 0.6 is 0 Å². The Bertz CT molecular complexity index is 394.